The second-order valence-electron chi connectivity index (χ2n) is 3.39. The van der Waals surface area contributed by atoms with E-state index >= 15 is 0 Å². The molecule has 86 valence electrons. The summed E-state index contributed by atoms with van der Waals surface area (Å²) in [5.74, 6) is -2.66. The highest BCUT2D eigenvalue weighted by atomic mass is 16.5. The number of allylic oxidation sites excluding steroid dienone is 1. The van der Waals surface area contributed by atoms with Crippen LogP contribution in [0, 0.1) is 0 Å². The molecule has 0 atom stereocenters. The number of carbonyl (C=O) groups excluding carboxylic acids is 3. The number of rotatable bonds is 2. The van der Waals surface area contributed by atoms with E-state index in [0.717, 1.165) is 0 Å². The summed E-state index contributed by atoms with van der Waals surface area (Å²) in [6.07, 6.45) is 0. The van der Waals surface area contributed by atoms with E-state index in [-0.39, 0.29) is 11.5 Å². The fraction of sp³-hybridized carbons (Fsp3) is 0.0833. The molecule has 1 heterocycles. The number of carbonyl (C=O) groups is 3. The topological polar surface area (TPSA) is 72.5 Å². The lowest BCUT2D eigenvalue weighted by molar-refractivity contribution is -0.140. The number of methoxy groups -OCH3 is 1. The predicted molar refractivity (Wildman–Crippen MR) is 58.5 cm³/mol. The molecule has 1 aliphatic rings. The van der Waals surface area contributed by atoms with Gasteiger partial charge in [-0.05, 0) is 0 Å². The van der Waals surface area contributed by atoms with E-state index in [9.17, 15) is 14.4 Å². The van der Waals surface area contributed by atoms with Gasteiger partial charge in [0.05, 0.1) is 7.11 Å². The van der Waals surface area contributed by atoms with Crippen LogP contribution >= 0.6 is 0 Å². The number of ether oxygens (including phenoxy) is 1. The Balaban J connectivity index is 2.53. The average Bonchev–Trinajstić information content (AvgIpc) is 2.60. The molecule has 0 aliphatic carbocycles. The van der Waals surface area contributed by atoms with Gasteiger partial charge in [-0.25, -0.2) is 0 Å². The Labute approximate surface area is 97.1 Å². The van der Waals surface area contributed by atoms with E-state index in [2.05, 4.69) is 5.32 Å². The molecule has 5 nitrogen and oxygen atoms in total. The lowest BCUT2D eigenvalue weighted by Gasteiger charge is -2.08. The number of nitrogens with one attached hydrogen (secondary N) is 1. The maximum atomic E-state index is 11.5. The quantitative estimate of drug-likeness (QED) is 0.450. The minimum atomic E-state index is -1.06. The van der Waals surface area contributed by atoms with E-state index in [1.54, 1.807) is 24.3 Å². The minimum absolute atomic E-state index is 0.103. The van der Waals surface area contributed by atoms with Crippen molar-refractivity contribution in [3.63, 3.8) is 0 Å². The fourth-order valence-corrected chi connectivity index (χ4v) is 1.56. The Morgan fingerprint density at radius 2 is 1.71 bits per heavy atom. The van der Waals surface area contributed by atoms with Gasteiger partial charge < -0.3 is 10.1 Å². The van der Waals surface area contributed by atoms with Crippen LogP contribution in [0.25, 0.3) is 5.76 Å². The normalized spacial score (nSPS) is 18.1. The van der Waals surface area contributed by atoms with Gasteiger partial charge in [-0.1, -0.05) is 30.3 Å². The Hall–Kier alpha value is -2.43. The van der Waals surface area contributed by atoms with Crippen molar-refractivity contribution in [2.75, 3.05) is 7.11 Å². The molecule has 1 aromatic rings. The standard InChI is InChI=1S/C12H9NO4/c1-17-11(7-5-3-2-4-6-7)8-9(14)10(15)12(16)13-8/h2-6H,1H3,(H,13,16). The summed E-state index contributed by atoms with van der Waals surface area (Å²) in [6.45, 7) is 0. The molecule has 0 saturated carbocycles. The van der Waals surface area contributed by atoms with Crippen molar-refractivity contribution in [1.29, 1.82) is 0 Å². The van der Waals surface area contributed by atoms with Crippen LogP contribution in [0.15, 0.2) is 36.0 Å². The van der Waals surface area contributed by atoms with Crippen molar-refractivity contribution in [3.05, 3.63) is 41.6 Å². The smallest absolute Gasteiger partial charge is 0.300 e. The Kier molecular flexibility index (Phi) is 2.74. The van der Waals surface area contributed by atoms with E-state index in [1.165, 1.54) is 7.11 Å². The molecular formula is C12H9NO4. The van der Waals surface area contributed by atoms with Gasteiger partial charge >= 0.3 is 5.91 Å². The minimum Gasteiger partial charge on any atom is -0.494 e. The molecule has 0 radical (unpaired) electrons. The highest BCUT2D eigenvalue weighted by Gasteiger charge is 2.38. The molecule has 1 aromatic carbocycles. The number of hydrogen-bond donors (Lipinski definition) is 1. The summed E-state index contributed by atoms with van der Waals surface area (Å²) in [4.78, 5) is 33.7. The van der Waals surface area contributed by atoms with E-state index in [1.807, 2.05) is 6.07 Å². The van der Waals surface area contributed by atoms with Gasteiger partial charge in [0.15, 0.2) is 5.76 Å². The molecule has 5 heteroatoms. The lowest BCUT2D eigenvalue weighted by Crippen LogP contribution is -2.18. The molecule has 0 spiro atoms. The number of ketones is 2. The summed E-state index contributed by atoms with van der Waals surface area (Å²) in [5.41, 5.74) is 0.516. The number of Topliss-reactive ketones (excluding diaryl/α,β-unsaturated/α-hetero) is 2. The molecule has 17 heavy (non-hydrogen) atoms. The van der Waals surface area contributed by atoms with E-state index < -0.39 is 17.5 Å². The van der Waals surface area contributed by atoms with Crippen LogP contribution in [0.4, 0.5) is 0 Å². The maximum Gasteiger partial charge on any atom is 0.300 e. The molecule has 0 aromatic heterocycles. The van der Waals surface area contributed by atoms with Gasteiger partial charge in [0, 0.05) is 5.56 Å². The van der Waals surface area contributed by atoms with Crippen molar-refractivity contribution >= 4 is 23.2 Å². The Morgan fingerprint density at radius 1 is 1.06 bits per heavy atom. The Morgan fingerprint density at radius 3 is 2.18 bits per heavy atom. The summed E-state index contributed by atoms with van der Waals surface area (Å²) >= 11 is 0. The molecule has 2 rings (SSSR count). The Bertz CT molecular complexity index is 531. The molecule has 1 N–H and O–H groups in total. The molecular weight excluding hydrogens is 222 g/mol. The van der Waals surface area contributed by atoms with E-state index in [4.69, 9.17) is 4.74 Å². The monoisotopic (exact) mass is 231 g/mol. The molecule has 1 aliphatic heterocycles. The second-order valence-corrected chi connectivity index (χ2v) is 3.39. The van der Waals surface area contributed by atoms with Crippen LogP contribution in [-0.4, -0.2) is 24.6 Å². The highest BCUT2D eigenvalue weighted by molar-refractivity contribution is 6.71. The van der Waals surface area contributed by atoms with E-state index in [0.29, 0.717) is 5.56 Å². The van der Waals surface area contributed by atoms with Crippen LogP contribution in [0.2, 0.25) is 0 Å². The SMILES string of the molecule is COC(=C1NC(=O)C(=O)C1=O)c1ccccc1. The second kappa shape index (κ2) is 4.21. The molecule has 1 saturated heterocycles. The van der Waals surface area contributed by atoms with Gasteiger partial charge in [-0.15, -0.1) is 0 Å². The zero-order valence-electron chi connectivity index (χ0n) is 9.02. The molecule has 0 unspecified atom stereocenters. The number of amides is 1. The number of benzene rings is 1. The molecule has 1 amide bonds. The van der Waals surface area contributed by atoms with Crippen molar-refractivity contribution in [1.82, 2.24) is 5.32 Å². The summed E-state index contributed by atoms with van der Waals surface area (Å²) in [7, 11) is 1.37. The van der Waals surface area contributed by atoms with Crippen LogP contribution in [-0.2, 0) is 19.1 Å². The predicted octanol–water partition coefficient (Wildman–Crippen LogP) is 0.270. The zero-order chi connectivity index (χ0) is 12.4. The van der Waals surface area contributed by atoms with Gasteiger partial charge in [-0.3, -0.25) is 14.4 Å². The van der Waals surface area contributed by atoms with Crippen molar-refractivity contribution in [2.24, 2.45) is 0 Å². The first-order valence-corrected chi connectivity index (χ1v) is 4.89. The van der Waals surface area contributed by atoms with Gasteiger partial charge in [0.2, 0.25) is 0 Å². The summed E-state index contributed by atoms with van der Waals surface area (Å²) < 4.78 is 5.08. The largest absolute Gasteiger partial charge is 0.494 e. The van der Waals surface area contributed by atoms with Gasteiger partial charge in [-0.2, -0.15) is 0 Å². The lowest BCUT2D eigenvalue weighted by atomic mass is 10.1. The summed E-state index contributed by atoms with van der Waals surface area (Å²) in [6, 6.07) is 8.76. The fourth-order valence-electron chi connectivity index (χ4n) is 1.56. The third-order valence-electron chi connectivity index (χ3n) is 2.35. The van der Waals surface area contributed by atoms with Crippen molar-refractivity contribution < 1.29 is 19.1 Å². The number of hydrogen-bond acceptors (Lipinski definition) is 4. The first-order valence-electron chi connectivity index (χ1n) is 4.89. The van der Waals surface area contributed by atoms with Crippen LogP contribution in [0.5, 0.6) is 0 Å². The molecule has 1 fully saturated rings. The van der Waals surface area contributed by atoms with Gasteiger partial charge in [0.25, 0.3) is 11.6 Å². The molecule has 0 bridgehead atoms. The maximum absolute atomic E-state index is 11.5. The third kappa shape index (κ3) is 1.82. The average molecular weight is 231 g/mol. The third-order valence-corrected chi connectivity index (χ3v) is 2.35. The first-order chi connectivity index (χ1) is 8.15. The van der Waals surface area contributed by atoms with Crippen molar-refractivity contribution in [2.45, 2.75) is 0 Å². The summed E-state index contributed by atoms with van der Waals surface area (Å²) in [5, 5.41) is 2.22. The van der Waals surface area contributed by atoms with Gasteiger partial charge in [0.1, 0.15) is 5.70 Å². The van der Waals surface area contributed by atoms with Crippen LogP contribution in [0.3, 0.4) is 0 Å². The highest BCUT2D eigenvalue weighted by Crippen LogP contribution is 2.20. The van der Waals surface area contributed by atoms with Crippen molar-refractivity contribution in [3.8, 4) is 0 Å². The first kappa shape index (κ1) is 11.1. The van der Waals surface area contributed by atoms with Crippen LogP contribution in [0.1, 0.15) is 5.56 Å². The van der Waals surface area contributed by atoms with Crippen LogP contribution < -0.4 is 5.32 Å². The zero-order valence-corrected chi connectivity index (χ0v) is 9.02.